The van der Waals surface area contributed by atoms with Crippen LogP contribution in [0.3, 0.4) is 0 Å². The van der Waals surface area contributed by atoms with E-state index in [2.05, 4.69) is 34.5 Å². The maximum atomic E-state index is 5.31. The van der Waals surface area contributed by atoms with Crippen molar-refractivity contribution in [1.29, 1.82) is 0 Å². The molecule has 0 aromatic carbocycles. The molecule has 5 nitrogen and oxygen atoms in total. The third-order valence-corrected chi connectivity index (χ3v) is 4.27. The molecule has 0 spiro atoms. The molecular weight excluding hydrogens is 284 g/mol. The van der Waals surface area contributed by atoms with Gasteiger partial charge in [-0.2, -0.15) is 0 Å². The van der Waals surface area contributed by atoms with Crippen LogP contribution < -0.4 is 10.6 Å². The number of unbranched alkanes of at least 4 members (excludes halogenated alkanes) is 1. The van der Waals surface area contributed by atoms with E-state index in [9.17, 15) is 0 Å². The minimum Gasteiger partial charge on any atom is -0.382 e. The van der Waals surface area contributed by atoms with E-state index in [1.807, 2.05) is 6.92 Å². The summed E-state index contributed by atoms with van der Waals surface area (Å²) in [6.07, 6.45) is 3.10. The van der Waals surface area contributed by atoms with Gasteiger partial charge in [0, 0.05) is 44.6 Å². The van der Waals surface area contributed by atoms with Gasteiger partial charge in [0.25, 0.3) is 0 Å². The molecule has 2 N–H and O–H groups in total. The summed E-state index contributed by atoms with van der Waals surface area (Å²) in [7, 11) is 1.80. The van der Waals surface area contributed by atoms with Crippen LogP contribution in [0.4, 0.5) is 0 Å². The summed E-state index contributed by atoms with van der Waals surface area (Å²) in [4.78, 5) is 10.1. The van der Waals surface area contributed by atoms with Crippen molar-refractivity contribution in [2.24, 2.45) is 4.99 Å². The largest absolute Gasteiger partial charge is 0.382 e. The fourth-order valence-corrected chi connectivity index (χ4v) is 2.77. The van der Waals surface area contributed by atoms with E-state index < -0.39 is 0 Å². The number of aryl methyl sites for hydroxylation is 2. The number of rotatable bonds is 9. The van der Waals surface area contributed by atoms with Gasteiger partial charge < -0.3 is 15.4 Å². The first kappa shape index (κ1) is 17.9. The Kier molecular flexibility index (Phi) is 9.01. The topological polar surface area (TPSA) is 58.5 Å². The lowest BCUT2D eigenvalue weighted by Crippen LogP contribution is -2.38. The summed E-state index contributed by atoms with van der Waals surface area (Å²) in [6, 6.07) is 0. The first-order valence-corrected chi connectivity index (χ1v) is 8.44. The molecule has 0 atom stereocenters. The summed E-state index contributed by atoms with van der Waals surface area (Å²) in [5.74, 6) is 0.858. The van der Waals surface area contributed by atoms with Crippen LogP contribution >= 0.6 is 11.3 Å². The molecule has 0 bridgehead atoms. The van der Waals surface area contributed by atoms with Crippen LogP contribution in [0.2, 0.25) is 0 Å². The molecule has 0 radical (unpaired) electrons. The Labute approximate surface area is 132 Å². The summed E-state index contributed by atoms with van der Waals surface area (Å²) in [5, 5.41) is 7.82. The van der Waals surface area contributed by atoms with E-state index >= 15 is 0 Å². The van der Waals surface area contributed by atoms with Gasteiger partial charge in [-0.1, -0.05) is 0 Å². The maximum Gasteiger partial charge on any atom is 0.190 e. The average Bonchev–Trinajstić information content (AvgIpc) is 2.79. The minimum absolute atomic E-state index is 0.798. The zero-order valence-corrected chi connectivity index (χ0v) is 14.5. The SMILES string of the molecule is CCOCCCCNC(=NC)NCCc1nc(C)c(C)s1. The molecule has 0 amide bonds. The second-order valence-electron chi connectivity index (χ2n) is 4.83. The Morgan fingerprint density at radius 1 is 1.24 bits per heavy atom. The van der Waals surface area contributed by atoms with Gasteiger partial charge in [-0.25, -0.2) is 4.98 Å². The summed E-state index contributed by atoms with van der Waals surface area (Å²) < 4.78 is 5.31. The molecule has 0 aliphatic heterocycles. The van der Waals surface area contributed by atoms with Crippen molar-refractivity contribution in [3.63, 3.8) is 0 Å². The molecule has 0 fully saturated rings. The zero-order valence-electron chi connectivity index (χ0n) is 13.7. The molecule has 1 rings (SSSR count). The smallest absolute Gasteiger partial charge is 0.190 e. The normalized spacial score (nSPS) is 11.7. The maximum absolute atomic E-state index is 5.31. The lowest BCUT2D eigenvalue weighted by Gasteiger charge is -2.11. The number of aliphatic imine (C=N–C) groups is 1. The van der Waals surface area contributed by atoms with Crippen molar-refractivity contribution >= 4 is 17.3 Å². The molecule has 6 heteroatoms. The van der Waals surface area contributed by atoms with E-state index in [0.717, 1.165) is 57.2 Å². The fraction of sp³-hybridized carbons (Fsp3) is 0.733. The molecule has 0 unspecified atom stereocenters. The predicted molar refractivity (Wildman–Crippen MR) is 90.4 cm³/mol. The fourth-order valence-electron chi connectivity index (χ4n) is 1.83. The van der Waals surface area contributed by atoms with E-state index in [1.165, 1.54) is 9.88 Å². The second kappa shape index (κ2) is 10.6. The highest BCUT2D eigenvalue weighted by atomic mass is 32.1. The van der Waals surface area contributed by atoms with Crippen LogP contribution in [-0.2, 0) is 11.2 Å². The predicted octanol–water partition coefficient (Wildman–Crippen LogP) is 2.28. The summed E-state index contributed by atoms with van der Waals surface area (Å²) >= 11 is 1.78. The Hall–Kier alpha value is -1.14. The Balaban J connectivity index is 2.14. The number of nitrogens with zero attached hydrogens (tertiary/aromatic N) is 2. The number of hydrogen-bond donors (Lipinski definition) is 2. The monoisotopic (exact) mass is 312 g/mol. The quantitative estimate of drug-likeness (QED) is 0.417. The highest BCUT2D eigenvalue weighted by Gasteiger charge is 2.03. The number of aromatic nitrogens is 1. The zero-order chi connectivity index (χ0) is 15.5. The van der Waals surface area contributed by atoms with Gasteiger partial charge in [-0.3, -0.25) is 4.99 Å². The van der Waals surface area contributed by atoms with E-state index in [4.69, 9.17) is 4.74 Å². The van der Waals surface area contributed by atoms with Crippen molar-refractivity contribution in [3.05, 3.63) is 15.6 Å². The minimum atomic E-state index is 0.798. The standard InChI is InChI=1S/C15H28N4OS/c1-5-20-11-7-6-9-17-15(16-4)18-10-8-14-19-12(2)13(3)21-14/h5-11H2,1-4H3,(H2,16,17,18). The molecular formula is C15H28N4OS. The summed E-state index contributed by atoms with van der Waals surface area (Å²) in [5.41, 5.74) is 1.15. The van der Waals surface area contributed by atoms with Gasteiger partial charge in [0.1, 0.15) is 0 Å². The molecule has 1 aromatic heterocycles. The Morgan fingerprint density at radius 2 is 2.00 bits per heavy atom. The number of thiazole rings is 1. The van der Waals surface area contributed by atoms with Crippen molar-refractivity contribution in [1.82, 2.24) is 15.6 Å². The van der Waals surface area contributed by atoms with Crippen LogP contribution in [0, 0.1) is 13.8 Å². The third kappa shape index (κ3) is 7.43. The molecule has 0 saturated carbocycles. The molecule has 120 valence electrons. The molecule has 0 aliphatic rings. The highest BCUT2D eigenvalue weighted by Crippen LogP contribution is 2.16. The lowest BCUT2D eigenvalue weighted by molar-refractivity contribution is 0.143. The number of guanidine groups is 1. The number of nitrogens with one attached hydrogen (secondary N) is 2. The summed E-state index contributed by atoms with van der Waals surface area (Å²) in [6.45, 7) is 9.61. The van der Waals surface area contributed by atoms with Gasteiger partial charge in [0.15, 0.2) is 5.96 Å². The molecule has 0 aliphatic carbocycles. The van der Waals surface area contributed by atoms with E-state index in [0.29, 0.717) is 0 Å². The van der Waals surface area contributed by atoms with Gasteiger partial charge in [-0.05, 0) is 33.6 Å². The van der Waals surface area contributed by atoms with Gasteiger partial charge in [0.05, 0.1) is 10.7 Å². The van der Waals surface area contributed by atoms with Crippen molar-refractivity contribution in [3.8, 4) is 0 Å². The van der Waals surface area contributed by atoms with E-state index in [1.54, 1.807) is 18.4 Å². The van der Waals surface area contributed by atoms with Crippen LogP contribution in [0.15, 0.2) is 4.99 Å². The van der Waals surface area contributed by atoms with Crippen LogP contribution in [-0.4, -0.2) is 44.3 Å². The highest BCUT2D eigenvalue weighted by molar-refractivity contribution is 7.11. The number of hydrogen-bond acceptors (Lipinski definition) is 4. The molecule has 21 heavy (non-hydrogen) atoms. The first-order chi connectivity index (χ1) is 10.2. The van der Waals surface area contributed by atoms with Gasteiger partial charge >= 0.3 is 0 Å². The van der Waals surface area contributed by atoms with Gasteiger partial charge in [0.2, 0.25) is 0 Å². The van der Waals surface area contributed by atoms with E-state index in [-0.39, 0.29) is 0 Å². The van der Waals surface area contributed by atoms with Crippen LogP contribution in [0.5, 0.6) is 0 Å². The Morgan fingerprint density at radius 3 is 2.62 bits per heavy atom. The number of ether oxygens (including phenoxy) is 1. The van der Waals surface area contributed by atoms with Gasteiger partial charge in [-0.15, -0.1) is 11.3 Å². The molecule has 0 saturated heterocycles. The first-order valence-electron chi connectivity index (χ1n) is 7.62. The molecule has 1 heterocycles. The van der Waals surface area contributed by atoms with Crippen molar-refractivity contribution in [2.75, 3.05) is 33.4 Å². The lowest BCUT2D eigenvalue weighted by atomic mass is 10.3. The Bertz CT molecular complexity index is 412. The second-order valence-corrected chi connectivity index (χ2v) is 6.12. The van der Waals surface area contributed by atoms with Crippen molar-refractivity contribution < 1.29 is 4.74 Å². The van der Waals surface area contributed by atoms with Crippen LogP contribution in [0.25, 0.3) is 0 Å². The third-order valence-electron chi connectivity index (χ3n) is 3.14. The average molecular weight is 312 g/mol. The van der Waals surface area contributed by atoms with Crippen molar-refractivity contribution in [2.45, 2.75) is 40.0 Å². The molecule has 1 aromatic rings. The van der Waals surface area contributed by atoms with Crippen LogP contribution in [0.1, 0.15) is 35.3 Å².